The molecule has 16 heavy (non-hydrogen) atoms. The molecular weight excluding hydrogens is 192 g/mol. The Labute approximate surface area is 97.3 Å². The van der Waals surface area contributed by atoms with Gasteiger partial charge in [-0.05, 0) is 37.3 Å². The van der Waals surface area contributed by atoms with Gasteiger partial charge in [-0.15, -0.1) is 0 Å². The lowest BCUT2D eigenvalue weighted by molar-refractivity contribution is 1.49. The molecule has 0 aliphatic heterocycles. The van der Waals surface area contributed by atoms with Crippen molar-refractivity contribution in [1.82, 2.24) is 0 Å². The molecule has 0 aliphatic rings. The summed E-state index contributed by atoms with van der Waals surface area (Å²) in [5.41, 5.74) is 3.79. The van der Waals surface area contributed by atoms with E-state index in [2.05, 4.69) is 68.0 Å². The monoisotopic (exact) mass is 207 g/mol. The van der Waals surface area contributed by atoms with Crippen molar-refractivity contribution >= 4 is 5.57 Å². The van der Waals surface area contributed by atoms with Crippen LogP contribution < -0.4 is 0 Å². The molecule has 0 fully saturated rings. The summed E-state index contributed by atoms with van der Waals surface area (Å²) < 4.78 is 0. The first-order valence-electron chi connectivity index (χ1n) is 5.48. The Morgan fingerprint density at radius 3 is 2.06 bits per heavy atom. The number of hydrogen-bond donors (Lipinski definition) is 0. The third-order valence-electron chi connectivity index (χ3n) is 2.55. The number of rotatable bonds is 3. The largest absolute Gasteiger partial charge is 0.0952 e. The van der Waals surface area contributed by atoms with E-state index in [9.17, 15) is 0 Å². The van der Waals surface area contributed by atoms with Crippen LogP contribution in [0.4, 0.5) is 0 Å². The van der Waals surface area contributed by atoms with Gasteiger partial charge in [-0.2, -0.15) is 0 Å². The second-order valence-corrected chi connectivity index (χ2v) is 3.79. The molecule has 2 aromatic carbocycles. The molecule has 0 atom stereocenters. The Morgan fingerprint density at radius 2 is 1.44 bits per heavy atom. The highest BCUT2D eigenvalue weighted by Crippen LogP contribution is 2.15. The van der Waals surface area contributed by atoms with Gasteiger partial charge < -0.3 is 0 Å². The second-order valence-electron chi connectivity index (χ2n) is 3.79. The molecule has 0 bridgehead atoms. The smallest absolute Gasteiger partial charge is 0.0622 e. The maximum Gasteiger partial charge on any atom is 0.0952 e. The van der Waals surface area contributed by atoms with Gasteiger partial charge in [0.05, 0.1) is 5.56 Å². The molecule has 0 spiro atoms. The first kappa shape index (κ1) is 10.6. The van der Waals surface area contributed by atoms with E-state index >= 15 is 0 Å². The maximum absolute atomic E-state index is 2.16. The molecule has 0 aliphatic carbocycles. The van der Waals surface area contributed by atoms with E-state index in [0.29, 0.717) is 0 Å². The number of allylic oxidation sites excluding steroid dienone is 2. The number of benzene rings is 2. The number of hydrogen-bond acceptors (Lipinski definition) is 0. The van der Waals surface area contributed by atoms with Gasteiger partial charge in [0.2, 0.25) is 0 Å². The zero-order valence-corrected chi connectivity index (χ0v) is 9.43. The zero-order chi connectivity index (χ0) is 11.2. The van der Waals surface area contributed by atoms with Gasteiger partial charge in [0.1, 0.15) is 0 Å². The first-order valence-corrected chi connectivity index (χ1v) is 5.48. The predicted molar refractivity (Wildman–Crippen MR) is 69.9 cm³/mol. The Balaban J connectivity index is 2.09. The van der Waals surface area contributed by atoms with Crippen molar-refractivity contribution in [3.63, 3.8) is 0 Å². The molecule has 0 aromatic heterocycles. The minimum absolute atomic E-state index is 1.23. The topological polar surface area (TPSA) is 0 Å². The Kier molecular flexibility index (Phi) is 3.45. The van der Waals surface area contributed by atoms with Crippen LogP contribution in [0.3, 0.4) is 0 Å². The van der Waals surface area contributed by atoms with Crippen LogP contribution in [0.15, 0.2) is 66.7 Å². The zero-order valence-electron chi connectivity index (χ0n) is 9.43. The minimum atomic E-state index is 1.23. The van der Waals surface area contributed by atoms with E-state index in [1.807, 2.05) is 12.1 Å². The van der Waals surface area contributed by atoms with E-state index in [1.165, 1.54) is 16.7 Å². The summed E-state index contributed by atoms with van der Waals surface area (Å²) >= 11 is 0. The molecule has 78 valence electrons. The van der Waals surface area contributed by atoms with E-state index < -0.39 is 0 Å². The van der Waals surface area contributed by atoms with Crippen LogP contribution >= 0.6 is 0 Å². The SMILES string of the molecule is C/C(=C/[CH+]c1ccccc1)c1ccccc1. The van der Waals surface area contributed by atoms with Crippen molar-refractivity contribution in [1.29, 1.82) is 0 Å². The van der Waals surface area contributed by atoms with E-state index in [1.54, 1.807) is 0 Å². The minimum Gasteiger partial charge on any atom is -0.0622 e. The molecule has 2 aromatic rings. The van der Waals surface area contributed by atoms with Crippen molar-refractivity contribution in [3.8, 4) is 0 Å². The van der Waals surface area contributed by atoms with Gasteiger partial charge in [0.15, 0.2) is 0 Å². The summed E-state index contributed by atoms with van der Waals surface area (Å²) in [6.07, 6.45) is 4.30. The molecule has 0 N–H and O–H groups in total. The van der Waals surface area contributed by atoms with Crippen molar-refractivity contribution in [2.75, 3.05) is 0 Å². The summed E-state index contributed by atoms with van der Waals surface area (Å²) in [7, 11) is 0. The lowest BCUT2D eigenvalue weighted by Crippen LogP contribution is -1.81. The normalized spacial score (nSPS) is 11.2. The lowest BCUT2D eigenvalue weighted by atomic mass is 10.0. The maximum atomic E-state index is 2.16. The van der Waals surface area contributed by atoms with E-state index in [4.69, 9.17) is 0 Å². The van der Waals surface area contributed by atoms with Gasteiger partial charge in [-0.25, -0.2) is 0 Å². The van der Waals surface area contributed by atoms with Crippen molar-refractivity contribution in [2.24, 2.45) is 0 Å². The third kappa shape index (κ3) is 2.77. The van der Waals surface area contributed by atoms with Crippen molar-refractivity contribution < 1.29 is 0 Å². The van der Waals surface area contributed by atoms with Gasteiger partial charge in [-0.3, -0.25) is 0 Å². The van der Waals surface area contributed by atoms with Crippen LogP contribution in [0.25, 0.3) is 5.57 Å². The van der Waals surface area contributed by atoms with Gasteiger partial charge in [-0.1, -0.05) is 18.2 Å². The van der Waals surface area contributed by atoms with Crippen molar-refractivity contribution in [2.45, 2.75) is 6.92 Å². The van der Waals surface area contributed by atoms with Crippen LogP contribution in [-0.2, 0) is 0 Å². The highest BCUT2D eigenvalue weighted by atomic mass is 14.0. The fourth-order valence-corrected chi connectivity index (χ4v) is 1.58. The van der Waals surface area contributed by atoms with E-state index in [-0.39, 0.29) is 0 Å². The van der Waals surface area contributed by atoms with Gasteiger partial charge >= 0.3 is 0 Å². The fraction of sp³-hybridized carbons (Fsp3) is 0.0625. The van der Waals surface area contributed by atoms with Crippen LogP contribution in [0, 0.1) is 6.42 Å². The molecule has 0 nitrogen and oxygen atoms in total. The molecule has 0 saturated heterocycles. The summed E-state index contributed by atoms with van der Waals surface area (Å²) in [4.78, 5) is 0. The molecular formula is C16H15+. The standard InChI is InChI=1S/C16H15/c1-14(16-10-6-3-7-11-16)12-13-15-8-4-2-5-9-15/h2-13H,1H3/q+1/b14-12-. The third-order valence-corrected chi connectivity index (χ3v) is 2.55. The fourth-order valence-electron chi connectivity index (χ4n) is 1.58. The van der Waals surface area contributed by atoms with Gasteiger partial charge in [0, 0.05) is 35.8 Å². The first-order chi connectivity index (χ1) is 7.86. The molecule has 2 rings (SSSR count). The molecule has 0 amide bonds. The van der Waals surface area contributed by atoms with Crippen molar-refractivity contribution in [3.05, 3.63) is 84.3 Å². The summed E-state index contributed by atoms with van der Waals surface area (Å²) in [5.74, 6) is 0. The Bertz CT molecular complexity index is 452. The average molecular weight is 207 g/mol. The quantitative estimate of drug-likeness (QED) is 0.657. The summed E-state index contributed by atoms with van der Waals surface area (Å²) in [6.45, 7) is 2.13. The summed E-state index contributed by atoms with van der Waals surface area (Å²) in [6, 6.07) is 20.8. The molecule has 0 heterocycles. The van der Waals surface area contributed by atoms with Crippen LogP contribution in [0.5, 0.6) is 0 Å². The average Bonchev–Trinajstić information content (AvgIpc) is 2.38. The van der Waals surface area contributed by atoms with Gasteiger partial charge in [0.25, 0.3) is 0 Å². The van der Waals surface area contributed by atoms with Crippen LogP contribution in [-0.4, -0.2) is 0 Å². The highest BCUT2D eigenvalue weighted by molar-refractivity contribution is 5.65. The predicted octanol–water partition coefficient (Wildman–Crippen LogP) is 4.34. The van der Waals surface area contributed by atoms with Crippen LogP contribution in [0.1, 0.15) is 18.1 Å². The molecule has 0 radical (unpaired) electrons. The molecule has 0 saturated carbocycles. The van der Waals surface area contributed by atoms with Crippen LogP contribution in [0.2, 0.25) is 0 Å². The summed E-state index contributed by atoms with van der Waals surface area (Å²) in [5, 5.41) is 0. The second kappa shape index (κ2) is 5.22. The Hall–Kier alpha value is -1.95. The molecule has 0 unspecified atom stereocenters. The Morgan fingerprint density at radius 1 is 0.875 bits per heavy atom. The lowest BCUT2D eigenvalue weighted by Gasteiger charge is -1.96. The van der Waals surface area contributed by atoms with E-state index in [0.717, 1.165) is 0 Å². The highest BCUT2D eigenvalue weighted by Gasteiger charge is 2.00. The molecule has 0 heteroatoms.